The van der Waals surface area contributed by atoms with E-state index < -0.39 is 0 Å². The number of aromatic nitrogens is 1. The lowest BCUT2D eigenvalue weighted by atomic mass is 10.0. The first-order valence-corrected chi connectivity index (χ1v) is 8.51. The van der Waals surface area contributed by atoms with E-state index >= 15 is 0 Å². The van der Waals surface area contributed by atoms with Gasteiger partial charge in [0.25, 0.3) is 0 Å². The highest BCUT2D eigenvalue weighted by Crippen LogP contribution is 2.22. The molecule has 116 valence electrons. The van der Waals surface area contributed by atoms with Crippen molar-refractivity contribution in [3.63, 3.8) is 0 Å². The van der Waals surface area contributed by atoms with Gasteiger partial charge in [-0.05, 0) is 23.6 Å². The van der Waals surface area contributed by atoms with Crippen LogP contribution < -0.4 is 10.6 Å². The van der Waals surface area contributed by atoms with Crippen molar-refractivity contribution in [2.24, 2.45) is 0 Å². The fourth-order valence-corrected chi connectivity index (χ4v) is 3.63. The second-order valence-electron chi connectivity index (χ2n) is 5.91. The maximum atomic E-state index is 12.2. The van der Waals surface area contributed by atoms with Crippen molar-refractivity contribution in [2.45, 2.75) is 39.2 Å². The summed E-state index contributed by atoms with van der Waals surface area (Å²) in [5.74, 6) is 0.497. The third-order valence-corrected chi connectivity index (χ3v) is 4.92. The van der Waals surface area contributed by atoms with Crippen LogP contribution in [-0.2, 0) is 24.2 Å². The van der Waals surface area contributed by atoms with E-state index in [1.165, 1.54) is 10.4 Å². The Morgan fingerprint density at radius 2 is 2.14 bits per heavy atom. The Kier molecular flexibility index (Phi) is 4.55. The summed E-state index contributed by atoms with van der Waals surface area (Å²) in [5.41, 5.74) is 3.28. The molecule has 4 nitrogen and oxygen atoms in total. The second kappa shape index (κ2) is 6.58. The Morgan fingerprint density at radius 3 is 2.82 bits per heavy atom. The second-order valence-corrected chi connectivity index (χ2v) is 7.07. The molecule has 0 unspecified atom stereocenters. The largest absolute Gasteiger partial charge is 0.326 e. The number of amides is 1. The molecule has 22 heavy (non-hydrogen) atoms. The monoisotopic (exact) mass is 315 g/mol. The van der Waals surface area contributed by atoms with Crippen LogP contribution in [0.15, 0.2) is 24.3 Å². The quantitative estimate of drug-likeness (QED) is 0.911. The van der Waals surface area contributed by atoms with E-state index in [0.29, 0.717) is 12.3 Å². The van der Waals surface area contributed by atoms with Gasteiger partial charge >= 0.3 is 0 Å². The summed E-state index contributed by atoms with van der Waals surface area (Å²) in [6, 6.07) is 8.05. The smallest absolute Gasteiger partial charge is 0.231 e. The van der Waals surface area contributed by atoms with Crippen molar-refractivity contribution in [2.75, 3.05) is 11.9 Å². The van der Waals surface area contributed by atoms with Gasteiger partial charge in [0, 0.05) is 30.1 Å². The maximum absolute atomic E-state index is 12.2. The first kappa shape index (κ1) is 15.2. The summed E-state index contributed by atoms with van der Waals surface area (Å²) in [4.78, 5) is 18.0. The summed E-state index contributed by atoms with van der Waals surface area (Å²) in [6.45, 7) is 6.18. The summed E-state index contributed by atoms with van der Waals surface area (Å²) in [5, 5.41) is 7.19. The number of fused-ring (bicyclic) bond motifs is 1. The van der Waals surface area contributed by atoms with Crippen molar-refractivity contribution < 1.29 is 4.79 Å². The van der Waals surface area contributed by atoms with Crippen LogP contribution >= 0.6 is 11.3 Å². The molecule has 0 radical (unpaired) electrons. The molecular formula is C17H21N3OS. The minimum Gasteiger partial charge on any atom is -0.326 e. The third-order valence-electron chi connectivity index (χ3n) is 3.82. The number of carbonyl (C=O) groups excluding carboxylic acids is 1. The van der Waals surface area contributed by atoms with E-state index in [1.54, 1.807) is 11.3 Å². The molecule has 2 N–H and O–H groups in total. The molecule has 0 spiro atoms. The molecule has 1 amide bonds. The molecule has 0 atom stereocenters. The molecule has 5 heteroatoms. The topological polar surface area (TPSA) is 54.0 Å². The lowest BCUT2D eigenvalue weighted by molar-refractivity contribution is -0.115. The number of anilines is 1. The van der Waals surface area contributed by atoms with E-state index in [-0.39, 0.29) is 5.91 Å². The molecule has 1 aliphatic heterocycles. The summed E-state index contributed by atoms with van der Waals surface area (Å²) in [6.07, 6.45) is 1.31. The van der Waals surface area contributed by atoms with Crippen LogP contribution in [0.3, 0.4) is 0 Å². The number of nitrogens with zero attached hydrogens (tertiary/aromatic N) is 1. The zero-order valence-corrected chi connectivity index (χ0v) is 13.8. The minimum atomic E-state index is -0.00338. The highest BCUT2D eigenvalue weighted by Gasteiger charge is 2.16. The van der Waals surface area contributed by atoms with Gasteiger partial charge in [-0.25, -0.2) is 4.98 Å². The molecule has 1 aliphatic rings. The van der Waals surface area contributed by atoms with Gasteiger partial charge < -0.3 is 10.6 Å². The fourth-order valence-electron chi connectivity index (χ4n) is 2.55. The number of rotatable bonds is 4. The van der Waals surface area contributed by atoms with Crippen molar-refractivity contribution >= 4 is 22.9 Å². The molecule has 0 saturated carbocycles. The molecule has 0 bridgehead atoms. The zero-order chi connectivity index (χ0) is 15.5. The maximum Gasteiger partial charge on any atom is 0.231 e. The van der Waals surface area contributed by atoms with Crippen molar-refractivity contribution in [3.8, 4) is 0 Å². The Morgan fingerprint density at radius 1 is 1.36 bits per heavy atom. The van der Waals surface area contributed by atoms with Crippen molar-refractivity contribution in [1.29, 1.82) is 0 Å². The highest BCUT2D eigenvalue weighted by atomic mass is 32.1. The van der Waals surface area contributed by atoms with Crippen LogP contribution in [0.2, 0.25) is 0 Å². The lowest BCUT2D eigenvalue weighted by Gasteiger charge is -2.09. The van der Waals surface area contributed by atoms with E-state index in [0.717, 1.165) is 35.9 Å². The van der Waals surface area contributed by atoms with Gasteiger partial charge in [-0.2, -0.15) is 0 Å². The number of thiazole rings is 1. The third kappa shape index (κ3) is 3.54. The molecule has 0 saturated heterocycles. The fraction of sp³-hybridized carbons (Fsp3) is 0.412. The molecule has 2 heterocycles. The van der Waals surface area contributed by atoms with Gasteiger partial charge in [-0.1, -0.05) is 26.0 Å². The normalized spacial score (nSPS) is 14.0. The van der Waals surface area contributed by atoms with Crippen molar-refractivity contribution in [1.82, 2.24) is 10.3 Å². The lowest BCUT2D eigenvalue weighted by Crippen LogP contribution is -2.22. The standard InChI is InChI=1S/C17H21N3OS/c1-11(2)12-3-5-13(6-4-12)19-16(21)9-17-20-14-7-8-18-10-15(14)22-17/h3-6,11,18H,7-10H2,1-2H3,(H,19,21). The number of hydrogen-bond acceptors (Lipinski definition) is 4. The molecule has 0 aliphatic carbocycles. The van der Waals surface area contributed by atoms with Crippen LogP contribution in [0.25, 0.3) is 0 Å². The van der Waals surface area contributed by atoms with E-state index in [1.807, 2.05) is 12.1 Å². The van der Waals surface area contributed by atoms with E-state index in [2.05, 4.69) is 41.6 Å². The van der Waals surface area contributed by atoms with Gasteiger partial charge in [-0.15, -0.1) is 11.3 Å². The average Bonchev–Trinajstić information content (AvgIpc) is 2.89. The zero-order valence-electron chi connectivity index (χ0n) is 13.0. The van der Waals surface area contributed by atoms with E-state index in [9.17, 15) is 4.79 Å². The van der Waals surface area contributed by atoms with Crippen molar-refractivity contribution in [3.05, 3.63) is 45.4 Å². The number of benzene rings is 1. The molecule has 2 aromatic rings. The molecule has 1 aromatic heterocycles. The average molecular weight is 315 g/mol. The Hall–Kier alpha value is -1.72. The summed E-state index contributed by atoms with van der Waals surface area (Å²) in [7, 11) is 0. The Labute approximate surface area is 135 Å². The molecular weight excluding hydrogens is 294 g/mol. The van der Waals surface area contributed by atoms with Gasteiger partial charge in [0.2, 0.25) is 5.91 Å². The molecule has 3 rings (SSSR count). The first-order valence-electron chi connectivity index (χ1n) is 7.70. The predicted molar refractivity (Wildman–Crippen MR) is 90.4 cm³/mol. The van der Waals surface area contributed by atoms with Gasteiger partial charge in [0.05, 0.1) is 12.1 Å². The number of nitrogens with one attached hydrogen (secondary N) is 2. The minimum absolute atomic E-state index is 0.00338. The Bertz CT molecular complexity index is 638. The van der Waals surface area contributed by atoms with Crippen LogP contribution in [0.1, 0.15) is 40.9 Å². The Balaban J connectivity index is 1.61. The highest BCUT2D eigenvalue weighted by molar-refractivity contribution is 7.11. The number of hydrogen-bond donors (Lipinski definition) is 2. The predicted octanol–water partition coefficient (Wildman–Crippen LogP) is 3.09. The van der Waals surface area contributed by atoms with Crippen LogP contribution in [-0.4, -0.2) is 17.4 Å². The number of carbonyl (C=O) groups is 1. The SMILES string of the molecule is CC(C)c1ccc(NC(=O)Cc2nc3c(s2)CNCC3)cc1. The molecule has 0 fully saturated rings. The summed E-state index contributed by atoms with van der Waals surface area (Å²) < 4.78 is 0. The van der Waals surface area contributed by atoms with E-state index in [4.69, 9.17) is 0 Å². The van der Waals surface area contributed by atoms with Gasteiger partial charge in [0.15, 0.2) is 0 Å². The summed E-state index contributed by atoms with van der Waals surface area (Å²) >= 11 is 1.65. The van der Waals surface area contributed by atoms with Gasteiger partial charge in [0.1, 0.15) is 5.01 Å². The van der Waals surface area contributed by atoms with Gasteiger partial charge in [-0.3, -0.25) is 4.79 Å². The van der Waals surface area contributed by atoms with Crippen LogP contribution in [0, 0.1) is 0 Å². The van der Waals surface area contributed by atoms with Crippen LogP contribution in [0.5, 0.6) is 0 Å². The van der Waals surface area contributed by atoms with Crippen LogP contribution in [0.4, 0.5) is 5.69 Å². The first-order chi connectivity index (χ1) is 10.6. The molecule has 1 aromatic carbocycles.